The SMILES string of the molecule is CCCOC(=O)Oc1ccc(C[C@](N)(CC(C)OC(=O)CC)C(=O)OC)cc1OC(=O)OCCC. The quantitative estimate of drug-likeness (QED) is 0.241. The van der Waals surface area contributed by atoms with Crippen LogP contribution in [0.5, 0.6) is 11.5 Å². The summed E-state index contributed by atoms with van der Waals surface area (Å²) in [5.74, 6) is -1.36. The van der Waals surface area contributed by atoms with Crippen molar-refractivity contribution in [1.82, 2.24) is 0 Å². The van der Waals surface area contributed by atoms with E-state index in [9.17, 15) is 19.2 Å². The molecule has 0 aromatic heterocycles. The number of benzene rings is 1. The van der Waals surface area contributed by atoms with Crippen molar-refractivity contribution in [2.45, 2.75) is 71.4 Å². The maximum Gasteiger partial charge on any atom is 0.513 e. The van der Waals surface area contributed by atoms with Crippen molar-refractivity contribution in [3.63, 3.8) is 0 Å². The number of ether oxygens (including phenoxy) is 6. The highest BCUT2D eigenvalue weighted by molar-refractivity contribution is 5.81. The Morgan fingerprint density at radius 2 is 1.51 bits per heavy atom. The number of nitrogens with two attached hydrogens (primary N) is 1. The molecule has 0 saturated carbocycles. The van der Waals surface area contributed by atoms with Gasteiger partial charge in [-0.25, -0.2) is 9.59 Å². The third-order valence-electron chi connectivity index (χ3n) is 4.63. The van der Waals surface area contributed by atoms with E-state index in [2.05, 4.69) is 0 Å². The molecule has 1 unspecified atom stereocenters. The van der Waals surface area contributed by atoms with Crippen LogP contribution in [0.25, 0.3) is 0 Å². The molecule has 0 fully saturated rings. The van der Waals surface area contributed by atoms with Crippen LogP contribution in [0.15, 0.2) is 18.2 Å². The highest BCUT2D eigenvalue weighted by Crippen LogP contribution is 2.31. The Labute approximate surface area is 205 Å². The summed E-state index contributed by atoms with van der Waals surface area (Å²) in [5, 5.41) is 0. The molecule has 1 aromatic carbocycles. The zero-order chi connectivity index (χ0) is 26.4. The van der Waals surface area contributed by atoms with E-state index in [4.69, 9.17) is 34.2 Å². The van der Waals surface area contributed by atoms with Gasteiger partial charge >= 0.3 is 24.2 Å². The van der Waals surface area contributed by atoms with Gasteiger partial charge in [0.25, 0.3) is 0 Å². The van der Waals surface area contributed by atoms with E-state index in [0.29, 0.717) is 18.4 Å². The van der Waals surface area contributed by atoms with Crippen LogP contribution in [0.1, 0.15) is 58.9 Å². The average Bonchev–Trinajstić information content (AvgIpc) is 2.82. The van der Waals surface area contributed by atoms with Gasteiger partial charge < -0.3 is 34.2 Å². The maximum absolute atomic E-state index is 12.5. The van der Waals surface area contributed by atoms with Crippen molar-refractivity contribution in [2.24, 2.45) is 5.73 Å². The molecule has 0 bridgehead atoms. The molecule has 0 radical (unpaired) electrons. The molecular formula is C24H35NO10. The van der Waals surface area contributed by atoms with Gasteiger partial charge in [0, 0.05) is 19.3 Å². The Bertz CT molecular complexity index is 872. The first-order valence-electron chi connectivity index (χ1n) is 11.5. The van der Waals surface area contributed by atoms with Crippen molar-refractivity contribution >= 4 is 24.2 Å². The number of esters is 2. The van der Waals surface area contributed by atoms with Crippen LogP contribution in [0, 0.1) is 0 Å². The van der Waals surface area contributed by atoms with E-state index < -0.39 is 35.9 Å². The van der Waals surface area contributed by atoms with Gasteiger partial charge in [-0.05, 0) is 37.5 Å². The van der Waals surface area contributed by atoms with Gasteiger partial charge in [-0.2, -0.15) is 0 Å². The minimum absolute atomic E-state index is 0.0261. The number of methoxy groups -OCH3 is 1. The van der Waals surface area contributed by atoms with E-state index in [0.717, 1.165) is 0 Å². The fraction of sp³-hybridized carbons (Fsp3) is 0.583. The van der Waals surface area contributed by atoms with E-state index in [1.807, 2.05) is 13.8 Å². The van der Waals surface area contributed by atoms with Gasteiger partial charge in [-0.1, -0.05) is 26.8 Å². The molecule has 1 aromatic rings. The minimum Gasteiger partial charge on any atom is -0.468 e. The largest absolute Gasteiger partial charge is 0.513 e. The number of carbonyl (C=O) groups is 4. The number of carbonyl (C=O) groups excluding carboxylic acids is 4. The first-order valence-corrected chi connectivity index (χ1v) is 11.5. The minimum atomic E-state index is -1.56. The summed E-state index contributed by atoms with van der Waals surface area (Å²) < 4.78 is 30.3. The van der Waals surface area contributed by atoms with Crippen LogP contribution < -0.4 is 15.2 Å². The molecule has 11 nitrogen and oxygen atoms in total. The Kier molecular flexibility index (Phi) is 12.6. The third kappa shape index (κ3) is 10.2. The standard InChI is InChI=1S/C24H35NO10/c1-6-11-31-22(28)34-18-10-9-17(13-19(18)35-23(29)32-12-7-2)15-24(25,21(27)30-5)14-16(4)33-20(26)8-3/h9-10,13,16H,6-8,11-12,14-15,25H2,1-5H3/t16?,24-/m1/s1. The molecule has 0 aliphatic carbocycles. The third-order valence-corrected chi connectivity index (χ3v) is 4.63. The Balaban J connectivity index is 3.21. The molecule has 196 valence electrons. The molecule has 0 aliphatic heterocycles. The summed E-state index contributed by atoms with van der Waals surface area (Å²) in [5.41, 5.74) is 5.28. The maximum atomic E-state index is 12.5. The summed E-state index contributed by atoms with van der Waals surface area (Å²) in [6.07, 6.45) is -1.37. The summed E-state index contributed by atoms with van der Waals surface area (Å²) in [6.45, 7) is 7.20. The first-order chi connectivity index (χ1) is 16.6. The van der Waals surface area contributed by atoms with Gasteiger partial charge in [0.1, 0.15) is 11.6 Å². The molecule has 0 heterocycles. The van der Waals surface area contributed by atoms with Crippen LogP contribution in [0.2, 0.25) is 0 Å². The van der Waals surface area contributed by atoms with Gasteiger partial charge in [0.05, 0.1) is 20.3 Å². The topological polar surface area (TPSA) is 150 Å². The first kappa shape index (κ1) is 29.7. The normalized spacial score (nSPS) is 13.1. The second kappa shape index (κ2) is 14.8. The van der Waals surface area contributed by atoms with Crippen molar-refractivity contribution in [2.75, 3.05) is 20.3 Å². The zero-order valence-corrected chi connectivity index (χ0v) is 20.9. The molecule has 11 heteroatoms. The average molecular weight is 498 g/mol. The molecule has 2 N–H and O–H groups in total. The predicted octanol–water partition coefficient (Wildman–Crippen LogP) is 3.68. The highest BCUT2D eigenvalue weighted by atomic mass is 16.7. The Hall–Kier alpha value is -3.34. The molecule has 0 spiro atoms. The smallest absolute Gasteiger partial charge is 0.468 e. The fourth-order valence-corrected chi connectivity index (χ4v) is 3.09. The summed E-state index contributed by atoms with van der Waals surface area (Å²) in [7, 11) is 1.20. The van der Waals surface area contributed by atoms with E-state index in [1.165, 1.54) is 19.2 Å². The summed E-state index contributed by atoms with van der Waals surface area (Å²) in [4.78, 5) is 48.1. The van der Waals surface area contributed by atoms with Crippen LogP contribution in [-0.4, -0.2) is 56.2 Å². The number of hydrogen-bond acceptors (Lipinski definition) is 11. The van der Waals surface area contributed by atoms with Crippen LogP contribution >= 0.6 is 0 Å². The number of hydrogen-bond donors (Lipinski definition) is 1. The number of rotatable bonds is 13. The van der Waals surface area contributed by atoms with Crippen LogP contribution in [-0.2, 0) is 35.0 Å². The lowest BCUT2D eigenvalue weighted by Crippen LogP contribution is -2.53. The zero-order valence-electron chi connectivity index (χ0n) is 20.9. The van der Waals surface area contributed by atoms with E-state index in [1.54, 1.807) is 19.9 Å². The van der Waals surface area contributed by atoms with Gasteiger partial charge in [-0.15, -0.1) is 0 Å². The van der Waals surface area contributed by atoms with Crippen molar-refractivity contribution in [1.29, 1.82) is 0 Å². The monoisotopic (exact) mass is 497 g/mol. The molecule has 0 amide bonds. The molecule has 0 saturated heterocycles. The molecule has 35 heavy (non-hydrogen) atoms. The fourth-order valence-electron chi connectivity index (χ4n) is 3.09. The van der Waals surface area contributed by atoms with Crippen LogP contribution in [0.4, 0.5) is 9.59 Å². The Morgan fingerprint density at radius 3 is 2.03 bits per heavy atom. The predicted molar refractivity (Wildman–Crippen MR) is 124 cm³/mol. The lowest BCUT2D eigenvalue weighted by Gasteiger charge is -2.29. The van der Waals surface area contributed by atoms with Gasteiger partial charge in [0.15, 0.2) is 11.5 Å². The molecule has 0 aliphatic rings. The highest BCUT2D eigenvalue weighted by Gasteiger charge is 2.38. The van der Waals surface area contributed by atoms with Gasteiger partial charge in [0.2, 0.25) is 0 Å². The summed E-state index contributed by atoms with van der Waals surface area (Å²) >= 11 is 0. The van der Waals surface area contributed by atoms with Gasteiger partial charge in [-0.3, -0.25) is 9.59 Å². The second-order valence-electron chi connectivity index (χ2n) is 7.86. The lowest BCUT2D eigenvalue weighted by molar-refractivity contribution is -0.154. The molecule has 1 rings (SSSR count). The van der Waals surface area contributed by atoms with Crippen molar-refractivity contribution in [3.05, 3.63) is 23.8 Å². The lowest BCUT2D eigenvalue weighted by atomic mass is 9.86. The Morgan fingerprint density at radius 1 is 0.943 bits per heavy atom. The van der Waals surface area contributed by atoms with E-state index >= 15 is 0 Å². The van der Waals surface area contributed by atoms with Crippen molar-refractivity contribution < 1.29 is 47.6 Å². The second-order valence-corrected chi connectivity index (χ2v) is 7.86. The van der Waals surface area contributed by atoms with Crippen LogP contribution in [0.3, 0.4) is 0 Å². The molecule has 2 atom stereocenters. The summed E-state index contributed by atoms with van der Waals surface area (Å²) in [6, 6.07) is 4.31. The van der Waals surface area contributed by atoms with E-state index in [-0.39, 0.29) is 44.0 Å². The molecular weight excluding hydrogens is 462 g/mol. The van der Waals surface area contributed by atoms with Crippen molar-refractivity contribution in [3.8, 4) is 11.5 Å².